The van der Waals surface area contributed by atoms with E-state index in [4.69, 9.17) is 0 Å². The number of pyridine rings is 1. The Hall–Kier alpha value is -4.30. The predicted molar refractivity (Wildman–Crippen MR) is 126 cm³/mol. The van der Waals surface area contributed by atoms with Crippen LogP contribution in [0, 0.1) is 22.7 Å². The van der Waals surface area contributed by atoms with Crippen LogP contribution in [0.4, 0.5) is 0 Å². The zero-order valence-corrected chi connectivity index (χ0v) is 18.7. The molecule has 0 N–H and O–H groups in total. The van der Waals surface area contributed by atoms with Crippen molar-refractivity contribution in [3.8, 4) is 12.1 Å². The molecule has 4 aromatic rings. The van der Waals surface area contributed by atoms with Gasteiger partial charge in [0.15, 0.2) is 11.4 Å². The van der Waals surface area contributed by atoms with Gasteiger partial charge in [-0.3, -0.25) is 19.3 Å². The lowest BCUT2D eigenvalue weighted by Gasteiger charge is -2.28. The van der Waals surface area contributed by atoms with Gasteiger partial charge in [0.05, 0.1) is 0 Å². The van der Waals surface area contributed by atoms with Crippen molar-refractivity contribution in [3.63, 3.8) is 0 Å². The lowest BCUT2D eigenvalue weighted by atomic mass is 9.90. The summed E-state index contributed by atoms with van der Waals surface area (Å²) < 4.78 is 1.13. The summed E-state index contributed by atoms with van der Waals surface area (Å²) in [6.07, 6.45) is 6.27. The second-order valence-corrected chi connectivity index (χ2v) is 8.60. The fourth-order valence-corrected chi connectivity index (χ4v) is 4.95. The van der Waals surface area contributed by atoms with Crippen LogP contribution in [0.15, 0.2) is 29.1 Å². The highest BCUT2D eigenvalue weighted by atomic mass is 16.2. The van der Waals surface area contributed by atoms with Crippen LogP contribution in [-0.2, 0) is 0 Å². The van der Waals surface area contributed by atoms with Gasteiger partial charge >= 0.3 is 0 Å². The molecule has 2 aromatic heterocycles. The Labute approximate surface area is 195 Å². The summed E-state index contributed by atoms with van der Waals surface area (Å²) in [4.78, 5) is 45.4. The van der Waals surface area contributed by atoms with Gasteiger partial charge in [-0.05, 0) is 30.7 Å². The number of aromatic nitrogens is 2. The summed E-state index contributed by atoms with van der Waals surface area (Å²) in [5.41, 5.74) is 0.138. The number of imide groups is 1. The lowest BCUT2D eigenvalue weighted by molar-refractivity contribution is 0.0608. The zero-order valence-electron chi connectivity index (χ0n) is 18.7. The SMILES string of the molecule is CCCCCCCCN1C(=O)c2ccc3c(=O)n4c(C#N)c(C#N)nc4c4ccc(c2c34)C1=O. The van der Waals surface area contributed by atoms with E-state index < -0.39 is 5.56 Å². The number of rotatable bonds is 7. The maximum absolute atomic E-state index is 13.3. The molecule has 34 heavy (non-hydrogen) atoms. The molecule has 0 unspecified atom stereocenters. The Bertz CT molecular complexity index is 1610. The molecule has 2 aromatic carbocycles. The van der Waals surface area contributed by atoms with Crippen molar-refractivity contribution < 1.29 is 9.59 Å². The minimum absolute atomic E-state index is 0.126. The molecule has 0 bridgehead atoms. The van der Waals surface area contributed by atoms with Crippen LogP contribution in [-0.4, -0.2) is 32.6 Å². The van der Waals surface area contributed by atoms with Gasteiger partial charge in [-0.25, -0.2) is 9.38 Å². The Kier molecular flexibility index (Phi) is 5.22. The summed E-state index contributed by atoms with van der Waals surface area (Å²) >= 11 is 0. The first-order valence-corrected chi connectivity index (χ1v) is 11.5. The van der Waals surface area contributed by atoms with Gasteiger partial charge in [0.25, 0.3) is 17.4 Å². The number of imidazole rings is 1. The van der Waals surface area contributed by atoms with Crippen LogP contribution in [0.2, 0.25) is 0 Å². The van der Waals surface area contributed by atoms with Crippen molar-refractivity contribution in [3.05, 3.63) is 57.1 Å². The van der Waals surface area contributed by atoms with E-state index in [0.717, 1.165) is 36.5 Å². The quantitative estimate of drug-likeness (QED) is 0.308. The third-order valence-electron chi connectivity index (χ3n) is 6.61. The number of nitriles is 2. The van der Waals surface area contributed by atoms with Gasteiger partial charge in [-0.15, -0.1) is 0 Å². The smallest absolute Gasteiger partial charge is 0.265 e. The number of nitrogens with zero attached hydrogens (tertiary/aromatic N) is 5. The molecule has 0 fully saturated rings. The molecule has 2 amide bonds. The largest absolute Gasteiger partial charge is 0.274 e. The van der Waals surface area contributed by atoms with Crippen LogP contribution >= 0.6 is 0 Å². The molecular formula is C26H21N5O3. The van der Waals surface area contributed by atoms with E-state index in [1.54, 1.807) is 24.3 Å². The molecule has 0 saturated carbocycles. The first-order valence-electron chi connectivity index (χ1n) is 11.5. The van der Waals surface area contributed by atoms with Gasteiger partial charge in [0.2, 0.25) is 0 Å². The number of hydrogen-bond donors (Lipinski definition) is 0. The molecule has 0 aliphatic carbocycles. The van der Waals surface area contributed by atoms with Crippen molar-refractivity contribution in [1.82, 2.24) is 14.3 Å². The normalized spacial score (nSPS) is 13.2. The maximum Gasteiger partial charge on any atom is 0.265 e. The van der Waals surface area contributed by atoms with Crippen molar-refractivity contribution in [1.29, 1.82) is 10.5 Å². The second-order valence-electron chi connectivity index (χ2n) is 8.60. The van der Waals surface area contributed by atoms with Gasteiger partial charge in [-0.2, -0.15) is 10.5 Å². The molecule has 8 heteroatoms. The van der Waals surface area contributed by atoms with E-state index in [2.05, 4.69) is 11.9 Å². The van der Waals surface area contributed by atoms with Gasteiger partial charge < -0.3 is 0 Å². The first kappa shape index (κ1) is 21.5. The number of carbonyl (C=O) groups is 2. The molecule has 0 radical (unpaired) electrons. The third kappa shape index (κ3) is 2.96. The van der Waals surface area contributed by atoms with Crippen molar-refractivity contribution in [2.75, 3.05) is 6.54 Å². The molecule has 0 atom stereocenters. The highest BCUT2D eigenvalue weighted by Crippen LogP contribution is 2.37. The number of unbranched alkanes of at least 4 members (excludes halogenated alkanes) is 5. The number of benzene rings is 2. The molecule has 8 nitrogen and oxygen atoms in total. The summed E-state index contributed by atoms with van der Waals surface area (Å²) in [5, 5.41) is 20.6. The van der Waals surface area contributed by atoms with E-state index in [1.807, 2.05) is 12.1 Å². The molecule has 1 aliphatic heterocycles. The lowest BCUT2D eigenvalue weighted by Crippen LogP contribution is -2.41. The van der Waals surface area contributed by atoms with Crippen LogP contribution < -0.4 is 5.56 Å². The van der Waals surface area contributed by atoms with E-state index in [0.29, 0.717) is 33.8 Å². The molecule has 1 aliphatic rings. The van der Waals surface area contributed by atoms with Crippen molar-refractivity contribution in [2.45, 2.75) is 45.4 Å². The van der Waals surface area contributed by atoms with Gasteiger partial charge in [0.1, 0.15) is 17.8 Å². The predicted octanol–water partition coefficient (Wildman–Crippen LogP) is 4.14. The number of carbonyl (C=O) groups excluding carboxylic acids is 2. The summed E-state index contributed by atoms with van der Waals surface area (Å²) in [5.74, 6) is -0.738. The molecule has 0 spiro atoms. The Morgan fingerprint density at radius 1 is 0.824 bits per heavy atom. The van der Waals surface area contributed by atoms with Crippen LogP contribution in [0.3, 0.4) is 0 Å². The number of amides is 2. The summed E-state index contributed by atoms with van der Waals surface area (Å²) in [6, 6.07) is 10.2. The second kappa shape index (κ2) is 8.24. The van der Waals surface area contributed by atoms with Crippen molar-refractivity contribution >= 4 is 39.0 Å². The van der Waals surface area contributed by atoms with E-state index in [1.165, 1.54) is 11.3 Å². The maximum atomic E-state index is 13.3. The highest BCUT2D eigenvalue weighted by molar-refractivity contribution is 6.31. The molecule has 3 heterocycles. The first-order chi connectivity index (χ1) is 16.5. The van der Waals surface area contributed by atoms with Crippen LogP contribution in [0.1, 0.15) is 77.6 Å². The monoisotopic (exact) mass is 451 g/mol. The molecule has 5 rings (SSSR count). The average Bonchev–Trinajstić information content (AvgIpc) is 3.24. The number of fused-ring (bicyclic) bond motifs is 2. The summed E-state index contributed by atoms with van der Waals surface area (Å²) in [6.45, 7) is 2.51. The van der Waals surface area contributed by atoms with E-state index in [9.17, 15) is 24.9 Å². The molecule has 0 saturated heterocycles. The van der Waals surface area contributed by atoms with Gasteiger partial charge in [-0.1, -0.05) is 39.0 Å². The number of hydrogen-bond acceptors (Lipinski definition) is 6. The minimum Gasteiger partial charge on any atom is -0.274 e. The third-order valence-corrected chi connectivity index (χ3v) is 6.61. The Morgan fingerprint density at radius 3 is 2.12 bits per heavy atom. The fourth-order valence-electron chi connectivity index (χ4n) is 4.95. The van der Waals surface area contributed by atoms with Crippen molar-refractivity contribution in [2.24, 2.45) is 0 Å². The Balaban J connectivity index is 1.65. The summed E-state index contributed by atoms with van der Waals surface area (Å²) in [7, 11) is 0. The Morgan fingerprint density at radius 2 is 1.47 bits per heavy atom. The average molecular weight is 451 g/mol. The zero-order chi connectivity index (χ0) is 24.0. The van der Waals surface area contributed by atoms with E-state index >= 15 is 0 Å². The fraction of sp³-hybridized carbons (Fsp3) is 0.308. The molecular weight excluding hydrogens is 430 g/mol. The van der Waals surface area contributed by atoms with Crippen LogP contribution in [0.5, 0.6) is 0 Å². The molecule has 168 valence electrons. The standard InChI is InChI=1S/C26H21N5O3/c1-2-3-4-5-6-7-12-30-24(32)16-9-8-15-21-18(11-10-17(22(16)21)25(30)33)26(34)31-20(14-28)19(13-27)29-23(15)31/h8-11H,2-7,12H2,1H3. The highest BCUT2D eigenvalue weighted by Gasteiger charge is 2.34. The van der Waals surface area contributed by atoms with Gasteiger partial charge in [0, 0.05) is 39.2 Å². The topological polar surface area (TPSA) is 119 Å². The van der Waals surface area contributed by atoms with Crippen LogP contribution in [0.25, 0.3) is 27.2 Å². The minimum atomic E-state index is -0.508. The van der Waals surface area contributed by atoms with E-state index in [-0.39, 0.29) is 34.2 Å².